The molecule has 1 atom stereocenters. The van der Waals surface area contributed by atoms with Crippen LogP contribution in [0.5, 0.6) is 0 Å². The number of hydrogen-bond acceptors (Lipinski definition) is 4. The molecule has 0 spiro atoms. The number of aromatic nitrogens is 1. The predicted molar refractivity (Wildman–Crippen MR) is 124 cm³/mol. The normalized spacial score (nSPS) is 24.8. The molecule has 1 N–H and O–H groups in total. The van der Waals surface area contributed by atoms with Crippen molar-refractivity contribution in [3.8, 4) is 0 Å². The number of nitrogens with zero attached hydrogens (tertiary/aromatic N) is 3. The van der Waals surface area contributed by atoms with Crippen LogP contribution in [-0.4, -0.2) is 77.2 Å². The molecule has 1 aliphatic carbocycles. The van der Waals surface area contributed by atoms with Crippen molar-refractivity contribution in [3.63, 3.8) is 0 Å². The molecule has 2 aromatic rings. The lowest BCUT2D eigenvalue weighted by Crippen LogP contribution is -2.65. The Labute approximate surface area is 189 Å². The monoisotopic (exact) mass is 438 g/mol. The number of fused-ring (bicyclic) bond motifs is 3. The number of nitrogens with one attached hydrogen (secondary N) is 1. The molecule has 7 heteroatoms. The van der Waals surface area contributed by atoms with E-state index in [0.717, 1.165) is 75.9 Å². The molecule has 3 aliphatic rings. The number of benzene rings is 1. The van der Waals surface area contributed by atoms with E-state index in [4.69, 9.17) is 4.74 Å². The first kappa shape index (κ1) is 21.5. The molecular formula is C25H34N4O3. The average molecular weight is 439 g/mol. The Balaban J connectivity index is 1.41. The van der Waals surface area contributed by atoms with Gasteiger partial charge in [-0.1, -0.05) is 31.0 Å². The van der Waals surface area contributed by atoms with E-state index in [1.807, 2.05) is 46.7 Å². The molecule has 32 heavy (non-hydrogen) atoms. The van der Waals surface area contributed by atoms with Gasteiger partial charge >= 0.3 is 0 Å². The lowest BCUT2D eigenvalue weighted by Gasteiger charge is -2.44. The largest absolute Gasteiger partial charge is 0.379 e. The van der Waals surface area contributed by atoms with Gasteiger partial charge in [-0.2, -0.15) is 0 Å². The minimum Gasteiger partial charge on any atom is -0.379 e. The molecule has 0 unspecified atom stereocenters. The molecule has 7 nitrogen and oxygen atoms in total. The number of rotatable bonds is 6. The van der Waals surface area contributed by atoms with Crippen molar-refractivity contribution >= 4 is 22.7 Å². The summed E-state index contributed by atoms with van der Waals surface area (Å²) in [5.41, 5.74) is 0.798. The quantitative estimate of drug-likeness (QED) is 0.753. The van der Waals surface area contributed by atoms with Crippen LogP contribution in [0.15, 0.2) is 30.3 Å². The molecule has 1 aromatic carbocycles. The molecule has 5 rings (SSSR count). The van der Waals surface area contributed by atoms with Crippen LogP contribution in [0.4, 0.5) is 0 Å². The first-order valence-electron chi connectivity index (χ1n) is 12.1. The van der Waals surface area contributed by atoms with E-state index in [-0.39, 0.29) is 17.9 Å². The van der Waals surface area contributed by atoms with Crippen LogP contribution in [0.1, 0.15) is 49.5 Å². The Bertz CT molecular complexity index is 990. The molecule has 2 fully saturated rings. The Morgan fingerprint density at radius 2 is 1.91 bits per heavy atom. The fourth-order valence-electron chi connectivity index (χ4n) is 5.54. The Kier molecular flexibility index (Phi) is 5.95. The minimum absolute atomic E-state index is 0.0208. The second kappa shape index (κ2) is 8.87. The second-order valence-corrected chi connectivity index (χ2v) is 9.67. The summed E-state index contributed by atoms with van der Waals surface area (Å²) in [6, 6.07) is 10.3. The topological polar surface area (TPSA) is 66.8 Å². The second-order valence-electron chi connectivity index (χ2n) is 9.67. The van der Waals surface area contributed by atoms with Crippen LogP contribution >= 0.6 is 0 Å². The number of ether oxygens (including phenoxy) is 1. The van der Waals surface area contributed by atoms with Crippen molar-refractivity contribution in [1.29, 1.82) is 0 Å². The highest BCUT2D eigenvalue weighted by atomic mass is 16.5. The van der Waals surface area contributed by atoms with Gasteiger partial charge in [-0.25, -0.2) is 0 Å². The molecule has 1 saturated heterocycles. The molecule has 0 radical (unpaired) electrons. The van der Waals surface area contributed by atoms with Crippen molar-refractivity contribution in [2.24, 2.45) is 0 Å². The third kappa shape index (κ3) is 3.92. The first-order chi connectivity index (χ1) is 15.6. The van der Waals surface area contributed by atoms with E-state index in [1.54, 1.807) is 0 Å². The van der Waals surface area contributed by atoms with Crippen LogP contribution in [0.3, 0.4) is 0 Å². The Morgan fingerprint density at radius 3 is 2.69 bits per heavy atom. The van der Waals surface area contributed by atoms with Gasteiger partial charge in [-0.15, -0.1) is 0 Å². The number of carbonyl (C=O) groups is 2. The van der Waals surface area contributed by atoms with Crippen molar-refractivity contribution < 1.29 is 14.3 Å². The van der Waals surface area contributed by atoms with Gasteiger partial charge in [0.2, 0.25) is 5.91 Å². The van der Waals surface area contributed by atoms with Gasteiger partial charge in [0.25, 0.3) is 5.91 Å². The highest BCUT2D eigenvalue weighted by molar-refractivity contribution is 6.03. The summed E-state index contributed by atoms with van der Waals surface area (Å²) < 4.78 is 7.49. The standard InChI is InChI=1S/C25H34N4O3/c1-25(24(31)26-20-8-3-4-9-20)18-28-21-10-5-2-7-19(21)17-22(28)23(30)29(25)12-6-11-27-13-15-32-16-14-27/h2,5,7,10,17,20H,3-4,6,8-9,11-16,18H2,1H3,(H,26,31)/t25-/m0/s1. The van der Waals surface area contributed by atoms with Crippen LogP contribution in [0, 0.1) is 0 Å². The average Bonchev–Trinajstić information content (AvgIpc) is 3.45. The summed E-state index contributed by atoms with van der Waals surface area (Å²) in [4.78, 5) is 31.6. The lowest BCUT2D eigenvalue weighted by atomic mass is 9.93. The molecule has 3 heterocycles. The summed E-state index contributed by atoms with van der Waals surface area (Å²) in [5, 5.41) is 4.32. The summed E-state index contributed by atoms with van der Waals surface area (Å²) in [5.74, 6) is -0.0638. The van der Waals surface area contributed by atoms with Crippen LogP contribution < -0.4 is 5.32 Å². The first-order valence-corrected chi connectivity index (χ1v) is 12.1. The molecule has 1 saturated carbocycles. The van der Waals surface area contributed by atoms with Crippen molar-refractivity contribution in [2.45, 2.75) is 57.2 Å². The SMILES string of the molecule is C[C@@]1(C(=O)NC2CCCC2)Cn2c(cc3ccccc32)C(=O)N1CCCN1CCOCC1. The van der Waals surface area contributed by atoms with Gasteiger partial charge in [0.05, 0.1) is 19.8 Å². The van der Waals surface area contributed by atoms with Gasteiger partial charge in [0, 0.05) is 43.1 Å². The zero-order valence-corrected chi connectivity index (χ0v) is 19.0. The lowest BCUT2D eigenvalue weighted by molar-refractivity contribution is -0.133. The van der Waals surface area contributed by atoms with E-state index >= 15 is 0 Å². The van der Waals surface area contributed by atoms with Gasteiger partial charge in [0.15, 0.2) is 0 Å². The summed E-state index contributed by atoms with van der Waals surface area (Å²) >= 11 is 0. The van der Waals surface area contributed by atoms with E-state index in [0.29, 0.717) is 18.8 Å². The van der Waals surface area contributed by atoms with E-state index in [1.165, 1.54) is 0 Å². The zero-order chi connectivity index (χ0) is 22.1. The fraction of sp³-hybridized carbons (Fsp3) is 0.600. The molecule has 172 valence electrons. The Morgan fingerprint density at radius 1 is 1.16 bits per heavy atom. The molecular weight excluding hydrogens is 404 g/mol. The predicted octanol–water partition coefficient (Wildman–Crippen LogP) is 2.64. The van der Waals surface area contributed by atoms with E-state index < -0.39 is 5.54 Å². The zero-order valence-electron chi connectivity index (χ0n) is 19.0. The maximum absolute atomic E-state index is 13.7. The highest BCUT2D eigenvalue weighted by Crippen LogP contribution is 2.33. The van der Waals surface area contributed by atoms with Gasteiger partial charge < -0.3 is 19.5 Å². The summed E-state index contributed by atoms with van der Waals surface area (Å²) in [7, 11) is 0. The van der Waals surface area contributed by atoms with Crippen LogP contribution in [0.25, 0.3) is 10.9 Å². The summed E-state index contributed by atoms with van der Waals surface area (Å²) in [6.45, 7) is 7.32. The summed E-state index contributed by atoms with van der Waals surface area (Å²) in [6.07, 6.45) is 5.24. The number of hydrogen-bond donors (Lipinski definition) is 1. The number of para-hydroxylation sites is 1. The third-order valence-corrected chi connectivity index (χ3v) is 7.48. The molecule has 2 aliphatic heterocycles. The van der Waals surface area contributed by atoms with Crippen molar-refractivity contribution in [2.75, 3.05) is 39.4 Å². The highest BCUT2D eigenvalue weighted by Gasteiger charge is 2.48. The molecule has 2 amide bonds. The van der Waals surface area contributed by atoms with Crippen molar-refractivity contribution in [3.05, 3.63) is 36.0 Å². The van der Waals surface area contributed by atoms with Crippen LogP contribution in [0.2, 0.25) is 0 Å². The van der Waals surface area contributed by atoms with Crippen LogP contribution in [-0.2, 0) is 16.1 Å². The number of amides is 2. The molecule has 1 aromatic heterocycles. The van der Waals surface area contributed by atoms with Gasteiger partial charge in [-0.3, -0.25) is 14.5 Å². The molecule has 0 bridgehead atoms. The van der Waals surface area contributed by atoms with Gasteiger partial charge in [-0.05, 0) is 38.3 Å². The maximum Gasteiger partial charge on any atom is 0.271 e. The smallest absolute Gasteiger partial charge is 0.271 e. The number of carbonyl (C=O) groups excluding carboxylic acids is 2. The third-order valence-electron chi connectivity index (χ3n) is 7.48. The maximum atomic E-state index is 13.7. The van der Waals surface area contributed by atoms with Gasteiger partial charge in [0.1, 0.15) is 11.2 Å². The fourth-order valence-corrected chi connectivity index (χ4v) is 5.54. The van der Waals surface area contributed by atoms with E-state index in [9.17, 15) is 9.59 Å². The Hall–Kier alpha value is -2.38. The van der Waals surface area contributed by atoms with E-state index in [2.05, 4.69) is 10.2 Å². The number of morpholine rings is 1. The minimum atomic E-state index is -0.903. The van der Waals surface area contributed by atoms with Crippen molar-refractivity contribution in [1.82, 2.24) is 19.7 Å².